The minimum Gasteiger partial charge on any atom is -0.486 e. The van der Waals surface area contributed by atoms with Crippen LogP contribution in [0.1, 0.15) is 27.9 Å². The molecular weight excluding hydrogens is 320 g/mol. The van der Waals surface area contributed by atoms with Crippen molar-refractivity contribution in [1.29, 1.82) is 0 Å². The molecule has 0 fully saturated rings. The van der Waals surface area contributed by atoms with Crippen LogP contribution in [-0.4, -0.2) is 25.0 Å². The minimum atomic E-state index is -0.402. The van der Waals surface area contributed by atoms with Crippen molar-refractivity contribution >= 4 is 11.8 Å². The van der Waals surface area contributed by atoms with Crippen molar-refractivity contribution in [2.75, 3.05) is 13.2 Å². The van der Waals surface area contributed by atoms with Crippen LogP contribution < -0.4 is 20.3 Å². The number of amides is 2. The molecule has 1 aliphatic heterocycles. The third kappa shape index (κ3) is 4.50. The lowest BCUT2D eigenvalue weighted by molar-refractivity contribution is -0.121. The van der Waals surface area contributed by atoms with Gasteiger partial charge in [-0.3, -0.25) is 20.4 Å². The number of carbonyl (C=O) groups is 2. The number of nitrogens with one attached hydrogen (secondary N) is 2. The number of carbonyl (C=O) groups excluding carboxylic acids is 2. The highest BCUT2D eigenvalue weighted by Gasteiger charge is 2.15. The Bertz CT molecular complexity index is 789. The molecule has 0 saturated heterocycles. The summed E-state index contributed by atoms with van der Waals surface area (Å²) in [6.45, 7) is 2.96. The third-order valence-electron chi connectivity index (χ3n) is 3.84. The maximum atomic E-state index is 12.1. The van der Waals surface area contributed by atoms with E-state index in [1.165, 1.54) is 0 Å². The van der Waals surface area contributed by atoms with Gasteiger partial charge in [0.25, 0.3) is 5.91 Å². The first-order valence-corrected chi connectivity index (χ1v) is 8.16. The van der Waals surface area contributed by atoms with Gasteiger partial charge in [-0.25, -0.2) is 0 Å². The number of benzene rings is 2. The van der Waals surface area contributed by atoms with Crippen molar-refractivity contribution in [3.63, 3.8) is 0 Å². The molecule has 0 spiro atoms. The largest absolute Gasteiger partial charge is 0.486 e. The Morgan fingerprint density at radius 2 is 1.80 bits per heavy atom. The van der Waals surface area contributed by atoms with Gasteiger partial charge in [-0.15, -0.1) is 0 Å². The molecule has 2 amide bonds. The molecule has 0 aliphatic carbocycles. The lowest BCUT2D eigenvalue weighted by Crippen LogP contribution is -2.41. The zero-order valence-electron chi connectivity index (χ0n) is 14.0. The van der Waals surface area contributed by atoms with Gasteiger partial charge in [0.2, 0.25) is 5.91 Å². The van der Waals surface area contributed by atoms with Gasteiger partial charge in [0, 0.05) is 12.0 Å². The summed E-state index contributed by atoms with van der Waals surface area (Å²) in [5.41, 5.74) is 7.49. The summed E-state index contributed by atoms with van der Waals surface area (Å²) in [5.74, 6) is 0.503. The van der Waals surface area contributed by atoms with Gasteiger partial charge in [0.1, 0.15) is 13.2 Å². The van der Waals surface area contributed by atoms with Crippen LogP contribution in [0.5, 0.6) is 11.5 Å². The van der Waals surface area contributed by atoms with Crippen LogP contribution in [0, 0.1) is 6.92 Å². The molecule has 1 heterocycles. The smallest absolute Gasteiger partial charge is 0.269 e. The molecule has 1 aliphatic rings. The Morgan fingerprint density at radius 1 is 1.00 bits per heavy atom. The predicted molar refractivity (Wildman–Crippen MR) is 92.5 cm³/mol. The highest BCUT2D eigenvalue weighted by molar-refractivity contribution is 5.96. The molecule has 6 heteroatoms. The van der Waals surface area contributed by atoms with E-state index in [9.17, 15) is 9.59 Å². The van der Waals surface area contributed by atoms with E-state index in [1.54, 1.807) is 18.2 Å². The standard InChI is InChI=1S/C19H20N2O4/c1-13-3-2-4-14(11-13)5-8-18(22)20-21-19(23)15-6-7-16-17(12-15)25-10-9-24-16/h2-4,6-7,11-12H,5,8-10H2,1H3,(H,20,22)(H,21,23). The van der Waals surface area contributed by atoms with Crippen LogP contribution in [0.25, 0.3) is 0 Å². The Hall–Kier alpha value is -3.02. The average molecular weight is 340 g/mol. The molecule has 25 heavy (non-hydrogen) atoms. The van der Waals surface area contributed by atoms with Gasteiger partial charge >= 0.3 is 0 Å². The van der Waals surface area contributed by atoms with Gasteiger partial charge in [0.05, 0.1) is 0 Å². The lowest BCUT2D eigenvalue weighted by Gasteiger charge is -2.18. The summed E-state index contributed by atoms with van der Waals surface area (Å²) >= 11 is 0. The van der Waals surface area contributed by atoms with Crippen molar-refractivity contribution in [3.8, 4) is 11.5 Å². The maximum absolute atomic E-state index is 12.1. The van der Waals surface area contributed by atoms with Gasteiger partial charge < -0.3 is 9.47 Å². The van der Waals surface area contributed by atoms with Crippen LogP contribution in [-0.2, 0) is 11.2 Å². The second kappa shape index (κ2) is 7.70. The summed E-state index contributed by atoms with van der Waals surface area (Å²) in [6.07, 6.45) is 0.915. The highest BCUT2D eigenvalue weighted by Crippen LogP contribution is 2.30. The predicted octanol–water partition coefficient (Wildman–Crippen LogP) is 2.16. The molecule has 2 N–H and O–H groups in total. The second-order valence-electron chi connectivity index (χ2n) is 5.85. The lowest BCUT2D eigenvalue weighted by atomic mass is 10.1. The average Bonchev–Trinajstić information content (AvgIpc) is 2.64. The molecule has 0 bridgehead atoms. The number of ether oxygens (including phenoxy) is 2. The zero-order valence-corrected chi connectivity index (χ0v) is 14.0. The molecule has 0 saturated carbocycles. The van der Waals surface area contributed by atoms with Crippen LogP contribution in [0.3, 0.4) is 0 Å². The van der Waals surface area contributed by atoms with Gasteiger partial charge in [-0.1, -0.05) is 29.8 Å². The van der Waals surface area contributed by atoms with Gasteiger partial charge in [-0.05, 0) is 37.1 Å². The molecule has 0 aromatic heterocycles. The highest BCUT2D eigenvalue weighted by atomic mass is 16.6. The van der Waals surface area contributed by atoms with Gasteiger partial charge in [-0.2, -0.15) is 0 Å². The van der Waals surface area contributed by atoms with Crippen LogP contribution in [0.2, 0.25) is 0 Å². The SMILES string of the molecule is Cc1cccc(CCC(=O)NNC(=O)c2ccc3c(c2)OCCO3)c1. The summed E-state index contributed by atoms with van der Waals surface area (Å²) in [7, 11) is 0. The van der Waals surface area contributed by atoms with Crippen LogP contribution in [0.4, 0.5) is 0 Å². The van der Waals surface area contributed by atoms with Crippen LogP contribution >= 0.6 is 0 Å². The maximum Gasteiger partial charge on any atom is 0.269 e. The fourth-order valence-electron chi connectivity index (χ4n) is 2.57. The molecule has 0 atom stereocenters. The topological polar surface area (TPSA) is 76.7 Å². The first-order valence-electron chi connectivity index (χ1n) is 8.16. The molecule has 2 aromatic rings. The molecule has 6 nitrogen and oxygen atoms in total. The fraction of sp³-hybridized carbons (Fsp3) is 0.263. The molecule has 0 unspecified atom stereocenters. The number of hydrogen-bond acceptors (Lipinski definition) is 4. The minimum absolute atomic E-state index is 0.243. The van der Waals surface area contributed by atoms with E-state index in [0.717, 1.165) is 11.1 Å². The molecule has 3 rings (SSSR count). The molecule has 130 valence electrons. The van der Waals surface area contributed by atoms with E-state index >= 15 is 0 Å². The number of aryl methyl sites for hydroxylation is 2. The second-order valence-corrected chi connectivity index (χ2v) is 5.85. The van der Waals surface area contributed by atoms with Crippen molar-refractivity contribution in [2.45, 2.75) is 19.8 Å². The Kier molecular flexibility index (Phi) is 5.18. The summed E-state index contributed by atoms with van der Waals surface area (Å²) in [5, 5.41) is 0. The molecular formula is C19H20N2O4. The zero-order chi connectivity index (χ0) is 17.6. The summed E-state index contributed by atoms with van der Waals surface area (Å²) in [4.78, 5) is 24.0. The normalized spacial score (nSPS) is 12.4. The quantitative estimate of drug-likeness (QED) is 0.836. The number of hydrogen-bond donors (Lipinski definition) is 2. The van der Waals surface area contributed by atoms with Crippen molar-refractivity contribution in [3.05, 3.63) is 59.2 Å². The van der Waals surface area contributed by atoms with Gasteiger partial charge in [0.15, 0.2) is 11.5 Å². The monoisotopic (exact) mass is 340 g/mol. The number of hydrazine groups is 1. The Balaban J connectivity index is 1.49. The van der Waals surface area contributed by atoms with Crippen molar-refractivity contribution < 1.29 is 19.1 Å². The first kappa shape index (κ1) is 16.8. The van der Waals surface area contributed by atoms with E-state index in [4.69, 9.17) is 9.47 Å². The van der Waals surface area contributed by atoms with Crippen LogP contribution in [0.15, 0.2) is 42.5 Å². The summed E-state index contributed by atoms with van der Waals surface area (Å²) < 4.78 is 10.9. The Morgan fingerprint density at radius 3 is 2.60 bits per heavy atom. The van der Waals surface area contributed by atoms with Crippen molar-refractivity contribution in [2.24, 2.45) is 0 Å². The molecule has 0 radical (unpaired) electrons. The third-order valence-corrected chi connectivity index (χ3v) is 3.84. The fourth-order valence-corrected chi connectivity index (χ4v) is 2.57. The number of fused-ring (bicyclic) bond motifs is 1. The number of rotatable bonds is 4. The van der Waals surface area contributed by atoms with Crippen molar-refractivity contribution in [1.82, 2.24) is 10.9 Å². The molecule has 2 aromatic carbocycles. The van der Waals surface area contributed by atoms with E-state index < -0.39 is 5.91 Å². The van der Waals surface area contributed by atoms with E-state index in [-0.39, 0.29) is 5.91 Å². The van der Waals surface area contributed by atoms with E-state index in [0.29, 0.717) is 43.1 Å². The van der Waals surface area contributed by atoms with E-state index in [2.05, 4.69) is 10.9 Å². The summed E-state index contributed by atoms with van der Waals surface area (Å²) in [6, 6.07) is 12.9. The Labute approximate surface area is 146 Å². The first-order chi connectivity index (χ1) is 12.1. The van der Waals surface area contributed by atoms with E-state index in [1.807, 2.05) is 31.2 Å².